The number of nitrogens with zero attached hydrogens (tertiary/aromatic N) is 2. The summed E-state index contributed by atoms with van der Waals surface area (Å²) < 4.78 is 0. The summed E-state index contributed by atoms with van der Waals surface area (Å²) in [5.41, 5.74) is -1.60. The van der Waals surface area contributed by atoms with Crippen molar-refractivity contribution >= 4 is 11.4 Å². The molecule has 0 spiro atoms. The van der Waals surface area contributed by atoms with Gasteiger partial charge in [-0.1, -0.05) is 20.8 Å². The number of hydrogen-bond acceptors (Lipinski definition) is 5. The molecule has 0 bridgehead atoms. The lowest BCUT2D eigenvalue weighted by Gasteiger charge is -2.18. The zero-order valence-electron chi connectivity index (χ0n) is 9.63. The van der Waals surface area contributed by atoms with Gasteiger partial charge in [0.25, 0.3) is 5.75 Å². The van der Waals surface area contributed by atoms with Crippen LogP contribution in [0.2, 0.25) is 0 Å². The molecule has 0 aliphatic rings. The van der Waals surface area contributed by atoms with Crippen LogP contribution < -0.4 is 0 Å². The lowest BCUT2D eigenvalue weighted by molar-refractivity contribution is -0.396. The Balaban J connectivity index is 3.63. The van der Waals surface area contributed by atoms with E-state index in [9.17, 15) is 25.3 Å². The largest absolute Gasteiger partial charge is 0.497 e. The molecular formula is C10H12N2O5. The minimum atomic E-state index is -0.896. The first-order valence-corrected chi connectivity index (χ1v) is 4.81. The summed E-state index contributed by atoms with van der Waals surface area (Å²) in [7, 11) is 0. The van der Waals surface area contributed by atoms with Gasteiger partial charge in [-0.3, -0.25) is 20.2 Å². The fraction of sp³-hybridized carbons (Fsp3) is 0.400. The van der Waals surface area contributed by atoms with Crippen LogP contribution in [0.25, 0.3) is 0 Å². The van der Waals surface area contributed by atoms with Crippen molar-refractivity contribution in [2.45, 2.75) is 26.2 Å². The summed E-state index contributed by atoms with van der Waals surface area (Å²) in [5, 5.41) is 31.1. The number of nitro groups is 2. The van der Waals surface area contributed by atoms with Crippen molar-refractivity contribution in [3.8, 4) is 5.75 Å². The lowest BCUT2D eigenvalue weighted by atomic mass is 9.85. The van der Waals surface area contributed by atoms with Crippen molar-refractivity contribution in [1.82, 2.24) is 0 Å². The van der Waals surface area contributed by atoms with Gasteiger partial charge in [-0.05, 0) is 11.5 Å². The highest BCUT2D eigenvalue weighted by Crippen LogP contribution is 2.42. The third-order valence-corrected chi connectivity index (χ3v) is 2.32. The van der Waals surface area contributed by atoms with Gasteiger partial charge in [-0.2, -0.15) is 0 Å². The Labute approximate surface area is 97.0 Å². The summed E-state index contributed by atoms with van der Waals surface area (Å²) in [6.07, 6.45) is 0. The molecule has 1 aromatic rings. The Morgan fingerprint density at radius 3 is 2.00 bits per heavy atom. The first-order valence-electron chi connectivity index (χ1n) is 4.81. The predicted octanol–water partition coefficient (Wildman–Crippen LogP) is 2.51. The second-order valence-corrected chi connectivity index (χ2v) is 4.59. The van der Waals surface area contributed by atoms with E-state index in [0.717, 1.165) is 6.07 Å². The van der Waals surface area contributed by atoms with Crippen molar-refractivity contribution in [3.05, 3.63) is 37.9 Å². The quantitative estimate of drug-likeness (QED) is 0.631. The van der Waals surface area contributed by atoms with Gasteiger partial charge < -0.3 is 5.11 Å². The van der Waals surface area contributed by atoms with E-state index in [1.807, 2.05) is 0 Å². The molecule has 7 heteroatoms. The molecule has 0 saturated heterocycles. The summed E-state index contributed by atoms with van der Waals surface area (Å²) >= 11 is 0. The Morgan fingerprint density at radius 2 is 1.65 bits per heavy atom. The monoisotopic (exact) mass is 240 g/mol. The van der Waals surface area contributed by atoms with Gasteiger partial charge >= 0.3 is 11.4 Å². The highest BCUT2D eigenvalue weighted by Gasteiger charge is 2.33. The normalized spacial score (nSPS) is 11.2. The van der Waals surface area contributed by atoms with Gasteiger partial charge in [0.2, 0.25) is 0 Å². The van der Waals surface area contributed by atoms with Crippen LogP contribution in [-0.2, 0) is 5.41 Å². The van der Waals surface area contributed by atoms with Crippen molar-refractivity contribution < 1.29 is 15.0 Å². The molecule has 0 aromatic heterocycles. The van der Waals surface area contributed by atoms with Gasteiger partial charge in [0.05, 0.1) is 9.85 Å². The van der Waals surface area contributed by atoms with Crippen molar-refractivity contribution in [2.75, 3.05) is 0 Å². The average Bonchev–Trinajstić information content (AvgIpc) is 2.14. The molecule has 0 aliphatic heterocycles. The van der Waals surface area contributed by atoms with Crippen LogP contribution in [0.4, 0.5) is 11.4 Å². The molecule has 0 aliphatic carbocycles. The van der Waals surface area contributed by atoms with E-state index in [0.29, 0.717) is 0 Å². The first-order chi connectivity index (χ1) is 7.66. The molecule has 0 saturated carbocycles. The van der Waals surface area contributed by atoms with E-state index in [1.165, 1.54) is 6.07 Å². The van der Waals surface area contributed by atoms with E-state index in [1.54, 1.807) is 20.8 Å². The minimum Gasteiger partial charge on any atom is -0.497 e. The van der Waals surface area contributed by atoms with Crippen molar-refractivity contribution in [1.29, 1.82) is 0 Å². The van der Waals surface area contributed by atoms with E-state index in [4.69, 9.17) is 0 Å². The maximum atomic E-state index is 10.9. The maximum absolute atomic E-state index is 10.9. The third kappa shape index (κ3) is 2.32. The predicted molar refractivity (Wildman–Crippen MR) is 60.1 cm³/mol. The van der Waals surface area contributed by atoms with Crippen molar-refractivity contribution in [3.63, 3.8) is 0 Å². The molecule has 0 fully saturated rings. The summed E-state index contributed by atoms with van der Waals surface area (Å²) in [6.45, 7) is 5.17. The SMILES string of the molecule is CC(C)(C)c1ccc([N+](=O)[O-])c(O)c1[N+](=O)[O-]. The highest BCUT2D eigenvalue weighted by atomic mass is 16.6. The molecule has 1 aromatic carbocycles. The highest BCUT2D eigenvalue weighted by molar-refractivity contribution is 5.64. The third-order valence-electron chi connectivity index (χ3n) is 2.32. The Bertz CT molecular complexity index is 490. The number of phenolic OH excluding ortho intramolecular Hbond substituents is 1. The van der Waals surface area contributed by atoms with Crippen molar-refractivity contribution in [2.24, 2.45) is 0 Å². The average molecular weight is 240 g/mol. The minimum absolute atomic E-state index is 0.255. The Hall–Kier alpha value is -2.18. The first kappa shape index (κ1) is 12.9. The summed E-state index contributed by atoms with van der Waals surface area (Å²) in [4.78, 5) is 19.8. The lowest BCUT2D eigenvalue weighted by Crippen LogP contribution is -2.14. The fourth-order valence-electron chi connectivity index (χ4n) is 1.51. The molecule has 0 heterocycles. The van der Waals surface area contributed by atoms with Crippen LogP contribution in [-0.4, -0.2) is 15.0 Å². The Kier molecular flexibility index (Phi) is 3.03. The second kappa shape index (κ2) is 4.00. The fourth-order valence-corrected chi connectivity index (χ4v) is 1.51. The van der Waals surface area contributed by atoms with E-state index in [-0.39, 0.29) is 5.56 Å². The standard InChI is InChI=1S/C10H12N2O5/c1-10(2,3)6-4-5-7(11(14)15)9(13)8(6)12(16)17/h4-5,13H,1-3H3. The smallest absolute Gasteiger partial charge is 0.321 e. The van der Waals surface area contributed by atoms with E-state index >= 15 is 0 Å². The summed E-state index contributed by atoms with van der Waals surface area (Å²) in [5.74, 6) is -0.896. The van der Waals surface area contributed by atoms with Crippen LogP contribution in [0.3, 0.4) is 0 Å². The van der Waals surface area contributed by atoms with Crippen LogP contribution in [0, 0.1) is 20.2 Å². The topological polar surface area (TPSA) is 107 Å². The van der Waals surface area contributed by atoms with Crippen LogP contribution >= 0.6 is 0 Å². The number of benzene rings is 1. The van der Waals surface area contributed by atoms with Crippen LogP contribution in [0.1, 0.15) is 26.3 Å². The molecule has 17 heavy (non-hydrogen) atoms. The zero-order valence-corrected chi connectivity index (χ0v) is 9.63. The number of aromatic hydroxyl groups is 1. The molecule has 0 amide bonds. The molecule has 0 unspecified atom stereocenters. The Morgan fingerprint density at radius 1 is 1.12 bits per heavy atom. The van der Waals surface area contributed by atoms with Gasteiger partial charge in [0.1, 0.15) is 0 Å². The van der Waals surface area contributed by atoms with E-state index in [2.05, 4.69) is 0 Å². The van der Waals surface area contributed by atoms with Gasteiger partial charge in [0, 0.05) is 11.6 Å². The molecule has 0 radical (unpaired) electrons. The number of phenols is 1. The molecule has 1 N–H and O–H groups in total. The van der Waals surface area contributed by atoms with Crippen LogP contribution in [0.15, 0.2) is 12.1 Å². The molecule has 92 valence electrons. The number of hydrogen-bond donors (Lipinski definition) is 1. The molecule has 7 nitrogen and oxygen atoms in total. The molecule has 0 atom stereocenters. The maximum Gasteiger partial charge on any atom is 0.321 e. The van der Waals surface area contributed by atoms with Gasteiger partial charge in [0.15, 0.2) is 0 Å². The zero-order chi connectivity index (χ0) is 13.4. The number of nitro benzene ring substituents is 2. The second-order valence-electron chi connectivity index (χ2n) is 4.59. The van der Waals surface area contributed by atoms with E-state index < -0.39 is 32.4 Å². The summed E-state index contributed by atoms with van der Waals surface area (Å²) in [6, 6.07) is 2.37. The van der Waals surface area contributed by atoms with Gasteiger partial charge in [-0.25, -0.2) is 0 Å². The van der Waals surface area contributed by atoms with Gasteiger partial charge in [-0.15, -0.1) is 0 Å². The number of rotatable bonds is 2. The molecule has 1 rings (SSSR count). The van der Waals surface area contributed by atoms with Crippen LogP contribution in [0.5, 0.6) is 5.75 Å². The molecular weight excluding hydrogens is 228 g/mol.